The monoisotopic (exact) mass is 494 g/mol. The Bertz CT molecular complexity index is 1360. The van der Waals surface area contributed by atoms with Crippen molar-refractivity contribution in [2.24, 2.45) is 10.8 Å². The Balaban J connectivity index is 1.89. The number of allylic oxidation sites excluding steroid dienone is 1. The third-order valence-corrected chi connectivity index (χ3v) is 7.63. The summed E-state index contributed by atoms with van der Waals surface area (Å²) in [5, 5.41) is 44.7. The number of benzene rings is 1. The van der Waals surface area contributed by atoms with Crippen LogP contribution in [-0.4, -0.2) is 56.0 Å². The number of ether oxygens (including phenoxy) is 1. The van der Waals surface area contributed by atoms with Crippen molar-refractivity contribution in [2.45, 2.75) is 52.1 Å². The molecule has 0 unspecified atom stereocenters. The van der Waals surface area contributed by atoms with Crippen LogP contribution in [0.15, 0.2) is 29.0 Å². The van der Waals surface area contributed by atoms with Gasteiger partial charge in [-0.05, 0) is 25.3 Å². The minimum absolute atomic E-state index is 0.0169. The van der Waals surface area contributed by atoms with Crippen molar-refractivity contribution < 1.29 is 44.3 Å². The molecule has 1 fully saturated rings. The molecular formula is C27H26O9. The number of phenolic OH excluding ortho intramolecular Hbond substituents is 1. The summed E-state index contributed by atoms with van der Waals surface area (Å²) in [4.78, 5) is 50.6. The molecule has 9 heteroatoms. The number of hydrogen-bond donors (Lipinski definition) is 4. The molecule has 3 aliphatic rings. The van der Waals surface area contributed by atoms with Crippen LogP contribution in [-0.2, 0) is 36.8 Å². The maximum atomic E-state index is 13.9. The number of fused-ring (bicyclic) bond motifs is 3. The van der Waals surface area contributed by atoms with Gasteiger partial charge < -0.3 is 25.2 Å². The summed E-state index contributed by atoms with van der Waals surface area (Å²) < 4.78 is 4.84. The average Bonchev–Trinajstić information content (AvgIpc) is 2.76. The lowest BCUT2D eigenvalue weighted by Crippen LogP contribution is -2.65. The van der Waals surface area contributed by atoms with E-state index in [0.29, 0.717) is 5.56 Å². The van der Waals surface area contributed by atoms with Crippen molar-refractivity contribution in [3.05, 3.63) is 45.7 Å². The van der Waals surface area contributed by atoms with Crippen molar-refractivity contribution in [3.8, 4) is 18.1 Å². The largest absolute Gasteiger partial charge is 0.508 e. The SMILES string of the molecule is C#CCOC(=O)Cc1ccc2c(c1O)C(O)=C1C(=O)[C@]3(O)C(O)=C(C(C)=O)C(=O)C[C@]3(C)C[C@]1(C)C2. The molecule has 0 radical (unpaired) electrons. The van der Waals surface area contributed by atoms with E-state index in [1.807, 2.05) is 0 Å². The van der Waals surface area contributed by atoms with Gasteiger partial charge in [0.2, 0.25) is 5.78 Å². The van der Waals surface area contributed by atoms with Crippen LogP contribution in [0.1, 0.15) is 50.3 Å². The maximum Gasteiger partial charge on any atom is 0.311 e. The highest BCUT2D eigenvalue weighted by Gasteiger charge is 2.68. The molecule has 36 heavy (non-hydrogen) atoms. The van der Waals surface area contributed by atoms with Gasteiger partial charge in [0, 0.05) is 28.4 Å². The van der Waals surface area contributed by atoms with Crippen molar-refractivity contribution >= 4 is 29.1 Å². The number of aliphatic hydroxyl groups is 3. The van der Waals surface area contributed by atoms with Crippen LogP contribution in [0.2, 0.25) is 0 Å². The Kier molecular flexibility index (Phi) is 5.65. The van der Waals surface area contributed by atoms with Crippen LogP contribution >= 0.6 is 0 Å². The Hall–Kier alpha value is -3.90. The molecule has 3 aliphatic carbocycles. The van der Waals surface area contributed by atoms with Gasteiger partial charge in [-0.1, -0.05) is 31.9 Å². The standard InChI is InChI=1S/C27H26O9/c1-5-8-36-17(30)9-14-6-7-15-10-25(3)12-26(4)11-16(29)18(13(2)28)23(33)27(26,35)24(34)20(25)22(32)19(15)21(14)31/h1,6-7,31-33,35H,8-12H2,2-4H3/t25-,26+,27+/m0/s1. The molecule has 0 aliphatic heterocycles. The lowest BCUT2D eigenvalue weighted by Gasteiger charge is -2.56. The Morgan fingerprint density at radius 1 is 1.14 bits per heavy atom. The molecule has 3 atom stereocenters. The molecule has 4 rings (SSSR count). The number of ketones is 3. The number of carbonyl (C=O) groups is 4. The summed E-state index contributed by atoms with van der Waals surface area (Å²) >= 11 is 0. The summed E-state index contributed by atoms with van der Waals surface area (Å²) in [5.41, 5.74) is -5.48. The zero-order valence-electron chi connectivity index (χ0n) is 20.1. The van der Waals surface area contributed by atoms with Gasteiger partial charge in [-0.2, -0.15) is 0 Å². The second kappa shape index (κ2) is 8.07. The van der Waals surface area contributed by atoms with Crippen molar-refractivity contribution in [2.75, 3.05) is 6.61 Å². The summed E-state index contributed by atoms with van der Waals surface area (Å²) in [6, 6.07) is 3.12. The molecule has 0 saturated heterocycles. The van der Waals surface area contributed by atoms with Crippen molar-refractivity contribution in [1.82, 2.24) is 0 Å². The Labute approximate surface area is 207 Å². The van der Waals surface area contributed by atoms with Crippen molar-refractivity contribution in [3.63, 3.8) is 0 Å². The zero-order valence-corrected chi connectivity index (χ0v) is 20.1. The van der Waals surface area contributed by atoms with Crippen LogP contribution in [0, 0.1) is 23.2 Å². The smallest absolute Gasteiger partial charge is 0.311 e. The topological polar surface area (TPSA) is 158 Å². The maximum absolute atomic E-state index is 13.9. The number of carbonyl (C=O) groups excluding carboxylic acids is 4. The number of rotatable bonds is 4. The molecular weight excluding hydrogens is 468 g/mol. The first-order valence-electron chi connectivity index (χ1n) is 11.3. The quantitative estimate of drug-likeness (QED) is 0.279. The fourth-order valence-corrected chi connectivity index (χ4v) is 6.16. The highest BCUT2D eigenvalue weighted by atomic mass is 16.5. The fourth-order valence-electron chi connectivity index (χ4n) is 6.16. The van der Waals surface area contributed by atoms with Gasteiger partial charge in [0.25, 0.3) is 0 Å². The number of terminal acetylenes is 1. The van der Waals surface area contributed by atoms with E-state index in [9.17, 15) is 39.6 Å². The number of aliphatic hydroxyl groups excluding tert-OH is 2. The highest BCUT2D eigenvalue weighted by Crippen LogP contribution is 2.62. The molecule has 9 nitrogen and oxygen atoms in total. The van der Waals surface area contributed by atoms with Crippen LogP contribution in [0.3, 0.4) is 0 Å². The summed E-state index contributed by atoms with van der Waals surface area (Å²) in [7, 11) is 0. The van der Waals surface area contributed by atoms with Crippen LogP contribution < -0.4 is 0 Å². The van der Waals surface area contributed by atoms with E-state index in [-0.39, 0.29) is 49.0 Å². The van der Waals surface area contributed by atoms with Gasteiger partial charge in [0.1, 0.15) is 22.8 Å². The lowest BCUT2D eigenvalue weighted by atomic mass is 9.47. The molecule has 0 bridgehead atoms. The third-order valence-electron chi connectivity index (χ3n) is 7.63. The average molecular weight is 494 g/mol. The third kappa shape index (κ3) is 3.28. The Morgan fingerprint density at radius 2 is 1.81 bits per heavy atom. The predicted molar refractivity (Wildman–Crippen MR) is 126 cm³/mol. The molecule has 0 aromatic heterocycles. The van der Waals surface area contributed by atoms with Crippen LogP contribution in [0.25, 0.3) is 5.76 Å². The molecule has 0 amide bonds. The summed E-state index contributed by atoms with van der Waals surface area (Å²) in [5.74, 6) is -3.12. The molecule has 1 saturated carbocycles. The normalized spacial score (nSPS) is 29.2. The first kappa shape index (κ1) is 25.2. The number of esters is 1. The molecule has 1 aromatic carbocycles. The fraction of sp³-hybridized carbons (Fsp3) is 0.407. The van der Waals surface area contributed by atoms with E-state index < -0.39 is 62.6 Å². The number of aromatic hydroxyl groups is 1. The van der Waals surface area contributed by atoms with E-state index in [0.717, 1.165) is 6.92 Å². The predicted octanol–water partition coefficient (Wildman–Crippen LogP) is 2.03. The van der Waals surface area contributed by atoms with E-state index >= 15 is 0 Å². The first-order chi connectivity index (χ1) is 16.7. The van der Waals surface area contributed by atoms with Crippen LogP contribution in [0.5, 0.6) is 5.75 Å². The van der Waals surface area contributed by atoms with Gasteiger partial charge in [-0.3, -0.25) is 19.2 Å². The number of Topliss-reactive ketones (excluding diaryl/α,β-unsaturated/α-hetero) is 3. The number of hydrogen-bond acceptors (Lipinski definition) is 9. The van der Waals surface area contributed by atoms with Gasteiger partial charge in [-0.25, -0.2) is 0 Å². The minimum atomic E-state index is -2.63. The number of phenols is 1. The molecule has 0 heterocycles. The summed E-state index contributed by atoms with van der Waals surface area (Å²) in [6.45, 7) is 3.99. The lowest BCUT2D eigenvalue weighted by molar-refractivity contribution is -0.165. The van der Waals surface area contributed by atoms with Gasteiger partial charge >= 0.3 is 5.97 Å². The second-order valence-corrected chi connectivity index (χ2v) is 10.3. The zero-order chi connectivity index (χ0) is 26.8. The first-order valence-corrected chi connectivity index (χ1v) is 11.3. The van der Waals surface area contributed by atoms with Crippen molar-refractivity contribution in [1.29, 1.82) is 0 Å². The molecule has 1 aromatic rings. The van der Waals surface area contributed by atoms with E-state index in [2.05, 4.69) is 5.92 Å². The minimum Gasteiger partial charge on any atom is -0.508 e. The van der Waals surface area contributed by atoms with Gasteiger partial charge in [0.05, 0.1) is 12.0 Å². The Morgan fingerprint density at radius 3 is 2.42 bits per heavy atom. The van der Waals surface area contributed by atoms with E-state index in [1.165, 1.54) is 13.0 Å². The summed E-state index contributed by atoms with van der Waals surface area (Å²) in [6.07, 6.45) is 4.56. The highest BCUT2D eigenvalue weighted by molar-refractivity contribution is 6.23. The van der Waals surface area contributed by atoms with E-state index in [4.69, 9.17) is 11.2 Å². The van der Waals surface area contributed by atoms with Gasteiger partial charge in [-0.15, -0.1) is 6.42 Å². The molecule has 0 spiro atoms. The van der Waals surface area contributed by atoms with Gasteiger partial charge in [0.15, 0.2) is 23.8 Å². The second-order valence-electron chi connectivity index (χ2n) is 10.3. The molecule has 4 N–H and O–H groups in total. The van der Waals surface area contributed by atoms with Crippen LogP contribution in [0.4, 0.5) is 0 Å². The molecule has 188 valence electrons. The van der Waals surface area contributed by atoms with E-state index in [1.54, 1.807) is 13.0 Å².